The van der Waals surface area contributed by atoms with Gasteiger partial charge in [-0.15, -0.1) is 0 Å². The normalized spacial score (nSPS) is 33.4. The lowest BCUT2D eigenvalue weighted by Gasteiger charge is -2.01. The van der Waals surface area contributed by atoms with Gasteiger partial charge in [-0.1, -0.05) is 6.92 Å². The van der Waals surface area contributed by atoms with E-state index in [1.807, 2.05) is 6.92 Å². The lowest BCUT2D eigenvalue weighted by atomic mass is 10.0. The van der Waals surface area contributed by atoms with E-state index >= 15 is 0 Å². The highest BCUT2D eigenvalue weighted by molar-refractivity contribution is 5.74. The average molecular weight is 145 g/mol. The third-order valence-electron chi connectivity index (χ3n) is 1.59. The number of aliphatic hydroxyl groups is 1. The van der Waals surface area contributed by atoms with Crippen LogP contribution in [0.25, 0.3) is 0 Å². The Labute approximate surface area is 59.0 Å². The number of primary amides is 1. The molecule has 58 valence electrons. The first-order valence-electron chi connectivity index (χ1n) is 3.23. The number of carbonyl (C=O) groups is 1. The first-order chi connectivity index (χ1) is 4.61. The van der Waals surface area contributed by atoms with Crippen LogP contribution in [0.4, 0.5) is 0 Å². The van der Waals surface area contributed by atoms with Gasteiger partial charge >= 0.3 is 0 Å². The summed E-state index contributed by atoms with van der Waals surface area (Å²) in [6.07, 6.45) is -0.566. The van der Waals surface area contributed by atoms with Crippen LogP contribution in [0.3, 0.4) is 0 Å². The molecular weight excluding hydrogens is 134 g/mol. The van der Waals surface area contributed by atoms with E-state index in [4.69, 9.17) is 15.6 Å². The predicted octanol–water partition coefficient (Wildman–Crippen LogP) is -0.785. The first-order valence-corrected chi connectivity index (χ1v) is 3.23. The molecule has 3 unspecified atom stereocenters. The summed E-state index contributed by atoms with van der Waals surface area (Å²) in [5.41, 5.74) is 4.93. The minimum Gasteiger partial charge on any atom is -0.370 e. The lowest BCUT2D eigenvalue weighted by molar-refractivity contribution is -0.118. The molecule has 4 nitrogen and oxygen atoms in total. The molecule has 4 heteroatoms. The Morgan fingerprint density at radius 2 is 2.40 bits per heavy atom. The zero-order valence-corrected chi connectivity index (χ0v) is 5.78. The Kier molecular flexibility index (Phi) is 1.92. The van der Waals surface area contributed by atoms with E-state index in [9.17, 15) is 4.79 Å². The quantitative estimate of drug-likeness (QED) is 0.511. The monoisotopic (exact) mass is 145 g/mol. The van der Waals surface area contributed by atoms with Crippen molar-refractivity contribution in [2.45, 2.75) is 25.7 Å². The number of nitrogens with two attached hydrogens (primary N) is 1. The van der Waals surface area contributed by atoms with Gasteiger partial charge in [0.25, 0.3) is 0 Å². The van der Waals surface area contributed by atoms with Crippen LogP contribution < -0.4 is 5.73 Å². The number of aliphatic hydroxyl groups excluding tert-OH is 1. The fraction of sp³-hybridized carbons (Fsp3) is 0.833. The predicted molar refractivity (Wildman–Crippen MR) is 33.9 cm³/mol. The summed E-state index contributed by atoms with van der Waals surface area (Å²) in [6.45, 7) is 1.83. The summed E-state index contributed by atoms with van der Waals surface area (Å²) in [6, 6.07) is 0. The van der Waals surface area contributed by atoms with Gasteiger partial charge in [0.15, 0.2) is 6.29 Å². The Hall–Kier alpha value is -0.610. The summed E-state index contributed by atoms with van der Waals surface area (Å²) >= 11 is 0. The van der Waals surface area contributed by atoms with Gasteiger partial charge in [-0.05, 0) is 5.92 Å². The van der Waals surface area contributed by atoms with E-state index in [1.165, 1.54) is 0 Å². The minimum absolute atomic E-state index is 0.0347. The minimum atomic E-state index is -0.672. The van der Waals surface area contributed by atoms with Crippen molar-refractivity contribution >= 4 is 5.91 Å². The second-order valence-corrected chi connectivity index (χ2v) is 2.64. The van der Waals surface area contributed by atoms with Crippen molar-refractivity contribution in [3.05, 3.63) is 0 Å². The molecule has 10 heavy (non-hydrogen) atoms. The molecule has 1 saturated heterocycles. The number of carbonyl (C=O) groups excluding carboxylic acids is 1. The standard InChI is InChI=1S/C6H11NO3/c1-3(2-4(7)8)5-6(9)10-5/h3,5-6,9H,2H2,1H3,(H2,7,8). The summed E-state index contributed by atoms with van der Waals surface area (Å²) in [4.78, 5) is 10.3. The molecule has 0 aromatic rings. The zero-order chi connectivity index (χ0) is 7.72. The molecule has 0 radical (unpaired) electrons. The molecule has 0 aromatic heterocycles. The van der Waals surface area contributed by atoms with Crippen LogP contribution in [-0.4, -0.2) is 23.4 Å². The van der Waals surface area contributed by atoms with Crippen molar-refractivity contribution in [3.8, 4) is 0 Å². The number of rotatable bonds is 3. The van der Waals surface area contributed by atoms with Crippen molar-refractivity contribution in [1.29, 1.82) is 0 Å². The number of hydrogen-bond acceptors (Lipinski definition) is 3. The van der Waals surface area contributed by atoms with Crippen molar-refractivity contribution in [3.63, 3.8) is 0 Å². The lowest BCUT2D eigenvalue weighted by Crippen LogP contribution is -2.18. The summed E-state index contributed by atoms with van der Waals surface area (Å²) in [7, 11) is 0. The number of amides is 1. The summed E-state index contributed by atoms with van der Waals surface area (Å²) < 4.78 is 4.73. The van der Waals surface area contributed by atoms with Crippen LogP contribution in [0.2, 0.25) is 0 Å². The SMILES string of the molecule is CC(CC(N)=O)C1OC1O. The number of epoxide rings is 1. The van der Waals surface area contributed by atoms with Crippen molar-refractivity contribution in [1.82, 2.24) is 0 Å². The molecule has 0 aromatic carbocycles. The molecule has 3 atom stereocenters. The molecule has 1 aliphatic rings. The van der Waals surface area contributed by atoms with Gasteiger partial charge in [-0.25, -0.2) is 0 Å². The van der Waals surface area contributed by atoms with Gasteiger partial charge in [0.2, 0.25) is 5.91 Å². The fourth-order valence-electron chi connectivity index (χ4n) is 0.964. The Bertz CT molecular complexity index is 148. The molecule has 3 N–H and O–H groups in total. The van der Waals surface area contributed by atoms with Crippen LogP contribution in [0.5, 0.6) is 0 Å². The highest BCUT2D eigenvalue weighted by Crippen LogP contribution is 2.28. The van der Waals surface area contributed by atoms with E-state index in [1.54, 1.807) is 0 Å². The number of ether oxygens (including phenoxy) is 1. The van der Waals surface area contributed by atoms with Crippen molar-refractivity contribution in [2.75, 3.05) is 0 Å². The third kappa shape index (κ3) is 1.68. The van der Waals surface area contributed by atoms with Crippen LogP contribution in [0.15, 0.2) is 0 Å². The van der Waals surface area contributed by atoms with Gasteiger partial charge in [-0.2, -0.15) is 0 Å². The molecule has 0 saturated carbocycles. The second kappa shape index (κ2) is 2.56. The van der Waals surface area contributed by atoms with Crippen LogP contribution >= 0.6 is 0 Å². The maximum absolute atomic E-state index is 10.3. The fourth-order valence-corrected chi connectivity index (χ4v) is 0.964. The van der Waals surface area contributed by atoms with Crippen LogP contribution in [-0.2, 0) is 9.53 Å². The first kappa shape index (κ1) is 7.50. The van der Waals surface area contributed by atoms with E-state index in [2.05, 4.69) is 0 Å². The highest BCUT2D eigenvalue weighted by atomic mass is 16.7. The highest BCUT2D eigenvalue weighted by Gasteiger charge is 2.41. The molecule has 0 spiro atoms. The number of hydrogen-bond donors (Lipinski definition) is 2. The van der Waals surface area contributed by atoms with E-state index in [0.717, 1.165) is 0 Å². The molecule has 1 amide bonds. The van der Waals surface area contributed by atoms with Gasteiger partial charge in [0, 0.05) is 6.42 Å². The molecule has 1 aliphatic heterocycles. The Morgan fingerprint density at radius 1 is 1.90 bits per heavy atom. The maximum atomic E-state index is 10.3. The average Bonchev–Trinajstić information content (AvgIpc) is 2.44. The Morgan fingerprint density at radius 3 is 2.70 bits per heavy atom. The zero-order valence-electron chi connectivity index (χ0n) is 5.78. The maximum Gasteiger partial charge on any atom is 0.217 e. The molecule has 0 aliphatic carbocycles. The van der Waals surface area contributed by atoms with Gasteiger partial charge < -0.3 is 15.6 Å². The smallest absolute Gasteiger partial charge is 0.217 e. The third-order valence-corrected chi connectivity index (χ3v) is 1.59. The van der Waals surface area contributed by atoms with Crippen LogP contribution in [0, 0.1) is 5.92 Å². The van der Waals surface area contributed by atoms with Crippen molar-refractivity contribution < 1.29 is 14.6 Å². The van der Waals surface area contributed by atoms with E-state index in [0.29, 0.717) is 0 Å². The largest absolute Gasteiger partial charge is 0.370 e. The van der Waals surface area contributed by atoms with Crippen molar-refractivity contribution in [2.24, 2.45) is 11.7 Å². The van der Waals surface area contributed by atoms with E-state index in [-0.39, 0.29) is 24.3 Å². The molecule has 1 fully saturated rings. The van der Waals surface area contributed by atoms with E-state index < -0.39 is 6.29 Å². The molecule has 1 heterocycles. The molecule has 0 bridgehead atoms. The molecular formula is C6H11NO3. The van der Waals surface area contributed by atoms with Gasteiger partial charge in [-0.3, -0.25) is 4.79 Å². The molecule has 1 rings (SSSR count). The van der Waals surface area contributed by atoms with Gasteiger partial charge in [0.1, 0.15) is 6.10 Å². The Balaban J connectivity index is 2.22. The second-order valence-electron chi connectivity index (χ2n) is 2.64. The van der Waals surface area contributed by atoms with Crippen LogP contribution in [0.1, 0.15) is 13.3 Å². The van der Waals surface area contributed by atoms with Gasteiger partial charge in [0.05, 0.1) is 0 Å². The topological polar surface area (TPSA) is 75.9 Å². The summed E-state index contributed by atoms with van der Waals surface area (Å²) in [5, 5.41) is 8.74. The summed E-state index contributed by atoms with van der Waals surface area (Å²) in [5.74, 6) is -0.317.